The van der Waals surface area contributed by atoms with Gasteiger partial charge in [0.15, 0.2) is 5.76 Å². The van der Waals surface area contributed by atoms with E-state index in [0.717, 1.165) is 16.1 Å². The van der Waals surface area contributed by atoms with Crippen molar-refractivity contribution in [2.45, 2.75) is 23.1 Å². The SMILES string of the molecule is O=C(CC1Sc2ccccc2NC1=O)NCc1cccc(NC(=O)c2ccco2)c1. The van der Waals surface area contributed by atoms with Crippen LogP contribution >= 0.6 is 11.8 Å². The van der Waals surface area contributed by atoms with Gasteiger partial charge in [-0.1, -0.05) is 24.3 Å². The van der Waals surface area contributed by atoms with Crippen LogP contribution in [0.4, 0.5) is 11.4 Å². The smallest absolute Gasteiger partial charge is 0.291 e. The zero-order valence-corrected chi connectivity index (χ0v) is 16.7. The third-order valence-electron chi connectivity index (χ3n) is 4.50. The first-order chi connectivity index (χ1) is 14.6. The van der Waals surface area contributed by atoms with E-state index >= 15 is 0 Å². The van der Waals surface area contributed by atoms with Crippen molar-refractivity contribution in [3.8, 4) is 0 Å². The molecule has 3 aromatic rings. The van der Waals surface area contributed by atoms with Gasteiger partial charge >= 0.3 is 0 Å². The van der Waals surface area contributed by atoms with Crippen LogP contribution in [-0.2, 0) is 16.1 Å². The number of anilines is 2. The normalized spacial score (nSPS) is 15.1. The summed E-state index contributed by atoms with van der Waals surface area (Å²) in [5, 5.41) is 7.95. The minimum atomic E-state index is -0.473. The van der Waals surface area contributed by atoms with Gasteiger partial charge in [-0.3, -0.25) is 14.4 Å². The fourth-order valence-corrected chi connectivity index (χ4v) is 4.14. The molecule has 3 N–H and O–H groups in total. The number of nitrogens with one attached hydrogen (secondary N) is 3. The van der Waals surface area contributed by atoms with Crippen LogP contribution in [0.15, 0.2) is 76.2 Å². The molecule has 1 aromatic heterocycles. The minimum Gasteiger partial charge on any atom is -0.459 e. The Balaban J connectivity index is 1.31. The van der Waals surface area contributed by atoms with Gasteiger partial charge < -0.3 is 20.4 Å². The van der Waals surface area contributed by atoms with E-state index < -0.39 is 5.25 Å². The fourth-order valence-electron chi connectivity index (χ4n) is 3.03. The summed E-state index contributed by atoms with van der Waals surface area (Å²) in [7, 11) is 0. The summed E-state index contributed by atoms with van der Waals surface area (Å²) < 4.78 is 5.08. The summed E-state index contributed by atoms with van der Waals surface area (Å²) >= 11 is 1.39. The molecule has 4 rings (SSSR count). The maximum atomic E-state index is 12.4. The third-order valence-corrected chi connectivity index (χ3v) is 5.77. The molecule has 8 heteroatoms. The number of furan rings is 1. The zero-order chi connectivity index (χ0) is 20.9. The molecule has 0 saturated heterocycles. The summed E-state index contributed by atoms with van der Waals surface area (Å²) in [6, 6.07) is 17.9. The first-order valence-corrected chi connectivity index (χ1v) is 10.2. The Morgan fingerprint density at radius 1 is 1.07 bits per heavy atom. The second kappa shape index (κ2) is 8.87. The average Bonchev–Trinajstić information content (AvgIpc) is 3.28. The van der Waals surface area contributed by atoms with Crippen LogP contribution in [0.1, 0.15) is 22.5 Å². The molecule has 2 heterocycles. The lowest BCUT2D eigenvalue weighted by Gasteiger charge is -2.23. The minimum absolute atomic E-state index is 0.0831. The highest BCUT2D eigenvalue weighted by Gasteiger charge is 2.28. The summed E-state index contributed by atoms with van der Waals surface area (Å²) in [5.41, 5.74) is 2.20. The Morgan fingerprint density at radius 3 is 2.77 bits per heavy atom. The number of carbonyl (C=O) groups excluding carboxylic acids is 3. The highest BCUT2D eigenvalue weighted by atomic mass is 32.2. The number of benzene rings is 2. The van der Waals surface area contributed by atoms with Crippen molar-refractivity contribution in [1.82, 2.24) is 5.32 Å². The molecule has 0 fully saturated rings. The third kappa shape index (κ3) is 4.72. The Bertz CT molecular complexity index is 1080. The van der Waals surface area contributed by atoms with E-state index in [0.29, 0.717) is 12.2 Å². The predicted octanol–water partition coefficient (Wildman–Crippen LogP) is 3.65. The van der Waals surface area contributed by atoms with Crippen LogP contribution in [0.3, 0.4) is 0 Å². The van der Waals surface area contributed by atoms with E-state index in [1.165, 1.54) is 18.0 Å². The molecular weight excluding hydrogens is 402 g/mol. The molecule has 0 saturated carbocycles. The maximum Gasteiger partial charge on any atom is 0.291 e. The van der Waals surface area contributed by atoms with Crippen LogP contribution in [0.5, 0.6) is 0 Å². The molecular formula is C22H19N3O4S. The average molecular weight is 421 g/mol. The van der Waals surface area contributed by atoms with Crippen molar-refractivity contribution in [1.29, 1.82) is 0 Å². The second-order valence-electron chi connectivity index (χ2n) is 6.70. The standard InChI is InChI=1S/C22H19N3O4S/c26-20(12-19-22(28)25-16-7-1-2-9-18(16)30-19)23-13-14-5-3-6-15(11-14)24-21(27)17-8-4-10-29-17/h1-11,19H,12-13H2,(H,23,26)(H,24,27)(H,25,28). The summed E-state index contributed by atoms with van der Waals surface area (Å²) in [4.78, 5) is 37.7. The number of hydrogen-bond acceptors (Lipinski definition) is 5. The molecule has 1 aliphatic rings. The van der Waals surface area contributed by atoms with Gasteiger partial charge in [0.2, 0.25) is 11.8 Å². The van der Waals surface area contributed by atoms with Crippen LogP contribution in [0, 0.1) is 0 Å². The molecule has 30 heavy (non-hydrogen) atoms. The lowest BCUT2D eigenvalue weighted by molar-refractivity contribution is -0.124. The predicted molar refractivity (Wildman–Crippen MR) is 114 cm³/mol. The Kier molecular flexibility index (Phi) is 5.85. The number of hydrogen-bond donors (Lipinski definition) is 3. The van der Waals surface area contributed by atoms with Gasteiger partial charge in [0.05, 0.1) is 17.2 Å². The van der Waals surface area contributed by atoms with Crippen molar-refractivity contribution in [3.63, 3.8) is 0 Å². The summed E-state index contributed by atoms with van der Waals surface area (Å²) in [6.45, 7) is 0.291. The van der Waals surface area contributed by atoms with E-state index in [-0.39, 0.29) is 29.9 Å². The van der Waals surface area contributed by atoms with Gasteiger partial charge in [0.25, 0.3) is 5.91 Å². The molecule has 1 aliphatic heterocycles. The highest BCUT2D eigenvalue weighted by molar-refractivity contribution is 8.01. The van der Waals surface area contributed by atoms with Crippen molar-refractivity contribution in [3.05, 3.63) is 78.3 Å². The van der Waals surface area contributed by atoms with Crippen molar-refractivity contribution >= 4 is 40.9 Å². The number of amides is 3. The van der Waals surface area contributed by atoms with Gasteiger partial charge in [0.1, 0.15) is 0 Å². The molecule has 0 bridgehead atoms. The van der Waals surface area contributed by atoms with E-state index in [2.05, 4.69) is 16.0 Å². The quantitative estimate of drug-likeness (QED) is 0.564. The fraction of sp³-hybridized carbons (Fsp3) is 0.136. The van der Waals surface area contributed by atoms with Crippen LogP contribution in [-0.4, -0.2) is 23.0 Å². The number of fused-ring (bicyclic) bond motifs is 1. The van der Waals surface area contributed by atoms with Crippen molar-refractivity contribution in [2.24, 2.45) is 0 Å². The van der Waals surface area contributed by atoms with Gasteiger partial charge in [-0.25, -0.2) is 0 Å². The topological polar surface area (TPSA) is 100 Å². The van der Waals surface area contributed by atoms with Gasteiger partial charge in [-0.05, 0) is 42.0 Å². The molecule has 0 spiro atoms. The molecule has 0 radical (unpaired) electrons. The lowest BCUT2D eigenvalue weighted by atomic mass is 10.2. The first-order valence-electron chi connectivity index (χ1n) is 9.35. The molecule has 1 atom stereocenters. The van der Waals surface area contributed by atoms with Crippen molar-refractivity contribution in [2.75, 3.05) is 10.6 Å². The van der Waals surface area contributed by atoms with Crippen LogP contribution in [0.25, 0.3) is 0 Å². The van der Waals surface area contributed by atoms with Gasteiger partial charge in [0, 0.05) is 23.5 Å². The summed E-state index contributed by atoms with van der Waals surface area (Å²) in [6.07, 6.45) is 1.52. The number of thioether (sulfide) groups is 1. The van der Waals surface area contributed by atoms with E-state index in [4.69, 9.17) is 4.42 Å². The van der Waals surface area contributed by atoms with Crippen LogP contribution < -0.4 is 16.0 Å². The van der Waals surface area contributed by atoms with Gasteiger partial charge in [-0.2, -0.15) is 0 Å². The number of rotatable bonds is 6. The molecule has 3 amide bonds. The van der Waals surface area contributed by atoms with E-state index in [9.17, 15) is 14.4 Å². The van der Waals surface area contributed by atoms with Crippen LogP contribution in [0.2, 0.25) is 0 Å². The zero-order valence-electron chi connectivity index (χ0n) is 15.9. The Morgan fingerprint density at radius 2 is 1.93 bits per heavy atom. The largest absolute Gasteiger partial charge is 0.459 e. The Labute approximate surface area is 177 Å². The Hall–Kier alpha value is -3.52. The molecule has 2 aromatic carbocycles. The maximum absolute atomic E-state index is 12.4. The van der Waals surface area contributed by atoms with E-state index in [1.807, 2.05) is 30.3 Å². The molecule has 1 unspecified atom stereocenters. The van der Waals surface area contributed by atoms with Gasteiger partial charge in [-0.15, -0.1) is 11.8 Å². The molecule has 152 valence electrons. The first kappa shape index (κ1) is 19.8. The lowest BCUT2D eigenvalue weighted by Crippen LogP contribution is -2.34. The molecule has 0 aliphatic carbocycles. The van der Waals surface area contributed by atoms with Crippen molar-refractivity contribution < 1.29 is 18.8 Å². The van der Waals surface area contributed by atoms with E-state index in [1.54, 1.807) is 30.3 Å². The molecule has 7 nitrogen and oxygen atoms in total. The highest BCUT2D eigenvalue weighted by Crippen LogP contribution is 2.36. The summed E-state index contributed by atoms with van der Waals surface area (Å²) in [5.74, 6) is -0.510. The number of para-hydroxylation sites is 1. The second-order valence-corrected chi connectivity index (χ2v) is 7.95. The number of carbonyl (C=O) groups is 3. The monoisotopic (exact) mass is 421 g/mol.